The number of carbonyl (C=O) groups excluding carboxylic acids is 6. The zero-order chi connectivity index (χ0) is 64.5. The summed E-state index contributed by atoms with van der Waals surface area (Å²) in [6.45, 7) is 6.40. The number of esters is 4. The van der Waals surface area contributed by atoms with Gasteiger partial charge in [0.15, 0.2) is 49.6 Å². The predicted molar refractivity (Wildman–Crippen MR) is 314 cm³/mol. The minimum Gasteiger partial charge on any atom is -0.457 e. The fraction of sp³-hybridized carbons (Fsp3) is 0.903. The molecule has 0 bridgehead atoms. The van der Waals surface area contributed by atoms with Gasteiger partial charge in [0.05, 0.1) is 38.6 Å². The molecule has 26 nitrogen and oxygen atoms in total. The molecular formula is C62H108N2O24. The topological polar surface area (TPSA) is 350 Å². The highest BCUT2D eigenvalue weighted by Crippen LogP contribution is 2.34. The Morgan fingerprint density at radius 3 is 1.48 bits per heavy atom. The van der Waals surface area contributed by atoms with Gasteiger partial charge < -0.3 is 97.7 Å². The number of amides is 1. The third-order valence-corrected chi connectivity index (χ3v) is 16.0. The molecule has 4 fully saturated rings. The van der Waals surface area contributed by atoms with Gasteiger partial charge in [0.25, 0.3) is 0 Å². The monoisotopic (exact) mass is 1260 g/mol. The third kappa shape index (κ3) is 28.5. The summed E-state index contributed by atoms with van der Waals surface area (Å²) >= 11 is 0. The van der Waals surface area contributed by atoms with Crippen LogP contribution < -0.4 is 5.32 Å². The largest absolute Gasteiger partial charge is 0.457 e. The molecule has 0 aliphatic carbocycles. The number of ketones is 1. The van der Waals surface area contributed by atoms with Gasteiger partial charge in [-0.1, -0.05) is 103 Å². The number of carbonyl (C=O) groups is 6. The Balaban J connectivity index is 1.22. The normalized spacial score (nSPS) is 29.8. The maximum Gasteiger partial charge on any atom is 0.303 e. The van der Waals surface area contributed by atoms with Crippen LogP contribution in [0.25, 0.3) is 0 Å². The minimum atomic E-state index is -1.93. The van der Waals surface area contributed by atoms with E-state index in [1.807, 2.05) is 6.92 Å². The van der Waals surface area contributed by atoms with Crippen LogP contribution in [0.1, 0.15) is 195 Å². The van der Waals surface area contributed by atoms with E-state index in [2.05, 4.69) is 24.3 Å². The van der Waals surface area contributed by atoms with Gasteiger partial charge in [-0.2, -0.15) is 0 Å². The number of ether oxygens (including phenoxy) is 12. The van der Waals surface area contributed by atoms with Gasteiger partial charge in [0.2, 0.25) is 5.91 Å². The Labute approximate surface area is 519 Å². The van der Waals surface area contributed by atoms with Gasteiger partial charge >= 0.3 is 23.9 Å². The number of rotatable bonds is 43. The van der Waals surface area contributed by atoms with E-state index in [1.165, 1.54) is 38.5 Å². The number of nitrogens with zero attached hydrogens (tertiary/aromatic N) is 1. The highest BCUT2D eigenvalue weighted by atomic mass is 16.8. The maximum absolute atomic E-state index is 12.7. The molecule has 4 rings (SSSR count). The second-order valence-corrected chi connectivity index (χ2v) is 24.1. The molecule has 18 unspecified atom stereocenters. The predicted octanol–water partition coefficient (Wildman–Crippen LogP) is 3.86. The van der Waals surface area contributed by atoms with Crippen molar-refractivity contribution in [3.8, 4) is 0 Å². The molecule has 4 aliphatic rings. The molecule has 4 heterocycles. The van der Waals surface area contributed by atoms with Crippen molar-refractivity contribution in [1.29, 1.82) is 0 Å². The first-order valence-electron chi connectivity index (χ1n) is 32.4. The number of hydrogen-bond donors (Lipinski definition) is 7. The quantitative estimate of drug-likeness (QED) is 0.0259. The summed E-state index contributed by atoms with van der Waals surface area (Å²) < 4.78 is 69.2. The van der Waals surface area contributed by atoms with Gasteiger partial charge in [-0.25, -0.2) is 0 Å². The summed E-state index contributed by atoms with van der Waals surface area (Å²) in [5.41, 5.74) is 0. The van der Waals surface area contributed by atoms with Crippen LogP contribution in [0.2, 0.25) is 0 Å². The molecule has 0 radical (unpaired) electrons. The number of unbranched alkanes of at least 4 members (excludes halogenated alkanes) is 16. The summed E-state index contributed by atoms with van der Waals surface area (Å²) in [4.78, 5) is 74.9. The number of nitrogens with one attached hydrogen (secondary N) is 1. The van der Waals surface area contributed by atoms with Gasteiger partial charge in [-0.3, -0.25) is 28.8 Å². The summed E-state index contributed by atoms with van der Waals surface area (Å²) in [6, 6.07) is 0. The van der Waals surface area contributed by atoms with Crippen LogP contribution in [0.15, 0.2) is 0 Å². The lowest BCUT2D eigenvalue weighted by atomic mass is 9.99. The molecule has 18 atom stereocenters. The minimum absolute atomic E-state index is 0.174. The standard InChI is InChI=1S/C62H108N2O24/c1-8-28-46(44(70)31-24-19-16-18-23-30-43(69)29-22-17-14-12-10-9-11-13-15-20-25-32-50(72)63-33-26-21-27-34-64(6)7)85-61-57(88-60-53(75)51(73)47(36-78-60)81-39(2)65)55(45(71)35-77-61)87-59-54(76)52(74)48(37-79-59)86-62-58(84-42(5)68)56(83-41(4)67)49(38-80-62)82-40(3)66/h44-49,51-62,70-71,73-76H,8-38H2,1-7H3,(H,63,72). The van der Waals surface area contributed by atoms with E-state index < -0.39 is 154 Å². The van der Waals surface area contributed by atoms with Crippen LogP contribution in [0.4, 0.5) is 0 Å². The summed E-state index contributed by atoms with van der Waals surface area (Å²) in [5, 5.41) is 71.2. The fourth-order valence-electron chi connectivity index (χ4n) is 11.3. The van der Waals surface area contributed by atoms with E-state index in [0.29, 0.717) is 50.7 Å². The second-order valence-electron chi connectivity index (χ2n) is 24.1. The first-order valence-corrected chi connectivity index (χ1v) is 32.4. The number of hydrogen-bond acceptors (Lipinski definition) is 25. The Bertz CT molecular complexity index is 2010. The van der Waals surface area contributed by atoms with Crippen molar-refractivity contribution in [2.75, 3.05) is 53.6 Å². The van der Waals surface area contributed by atoms with Crippen LogP contribution in [0.5, 0.6) is 0 Å². The maximum atomic E-state index is 12.7. The van der Waals surface area contributed by atoms with Crippen LogP contribution in [0, 0.1) is 0 Å². The average molecular weight is 1270 g/mol. The number of aliphatic hydroxyl groups excluding tert-OH is 6. The third-order valence-electron chi connectivity index (χ3n) is 16.0. The molecule has 0 aromatic heterocycles. The SMILES string of the molecule is CCCC(OC1OCC(O)C(OC2OCC(OC3OCC(OC(C)=O)C(OC(C)=O)C3OC(C)=O)C(O)C2O)C1OC1OCC(OC(C)=O)C(O)C1O)C(O)CCCCCCCC(=O)CCCCCCCCCCCCCC(=O)NCCCCCN(C)C. The highest BCUT2D eigenvalue weighted by Gasteiger charge is 2.54. The molecule has 0 aromatic carbocycles. The molecule has 0 saturated carbocycles. The lowest BCUT2D eigenvalue weighted by Crippen LogP contribution is -2.64. The molecule has 7 N–H and O–H groups in total. The van der Waals surface area contributed by atoms with E-state index in [0.717, 1.165) is 118 Å². The summed E-state index contributed by atoms with van der Waals surface area (Å²) in [7, 11) is 4.16. The Hall–Kier alpha value is -3.58. The number of aliphatic hydroxyl groups is 6. The molecule has 1 amide bonds. The fourth-order valence-corrected chi connectivity index (χ4v) is 11.3. The van der Waals surface area contributed by atoms with Gasteiger partial charge in [-0.15, -0.1) is 0 Å². The molecule has 4 aliphatic heterocycles. The molecule has 510 valence electrons. The smallest absolute Gasteiger partial charge is 0.303 e. The summed E-state index contributed by atoms with van der Waals surface area (Å²) in [6.07, 6.45) is -4.20. The van der Waals surface area contributed by atoms with Gasteiger partial charge in [0, 0.05) is 53.5 Å². The second kappa shape index (κ2) is 42.5. The lowest BCUT2D eigenvalue weighted by molar-refractivity contribution is -0.379. The van der Waals surface area contributed by atoms with Crippen molar-refractivity contribution < 1.29 is 116 Å². The zero-order valence-corrected chi connectivity index (χ0v) is 53.3. The molecule has 88 heavy (non-hydrogen) atoms. The summed E-state index contributed by atoms with van der Waals surface area (Å²) in [5.74, 6) is -2.67. The molecule has 0 aromatic rings. The van der Waals surface area contributed by atoms with Crippen molar-refractivity contribution >= 4 is 35.6 Å². The van der Waals surface area contributed by atoms with Gasteiger partial charge in [0.1, 0.15) is 54.6 Å². The molecular weight excluding hydrogens is 1160 g/mol. The first-order chi connectivity index (χ1) is 42.1. The first kappa shape index (κ1) is 76.9. The van der Waals surface area contributed by atoms with Crippen molar-refractivity contribution in [2.45, 2.75) is 306 Å². The molecule has 0 spiro atoms. The van der Waals surface area contributed by atoms with Crippen LogP contribution in [-0.4, -0.2) is 235 Å². The van der Waals surface area contributed by atoms with E-state index in [9.17, 15) is 59.4 Å². The Morgan fingerprint density at radius 2 is 0.920 bits per heavy atom. The van der Waals surface area contributed by atoms with E-state index in [-0.39, 0.29) is 12.5 Å². The Morgan fingerprint density at radius 1 is 0.466 bits per heavy atom. The van der Waals surface area contributed by atoms with E-state index in [4.69, 9.17) is 56.8 Å². The van der Waals surface area contributed by atoms with E-state index in [1.54, 1.807) is 0 Å². The van der Waals surface area contributed by atoms with Crippen LogP contribution in [0.3, 0.4) is 0 Å². The van der Waals surface area contributed by atoms with Crippen molar-refractivity contribution in [1.82, 2.24) is 10.2 Å². The zero-order valence-electron chi connectivity index (χ0n) is 53.3. The molecule has 4 saturated heterocycles. The lowest BCUT2D eigenvalue weighted by Gasteiger charge is -2.47. The number of Topliss-reactive ketones (excluding diaryl/α,β-unsaturated/α-hetero) is 1. The Kier molecular flexibility index (Phi) is 37.2. The van der Waals surface area contributed by atoms with E-state index >= 15 is 0 Å². The van der Waals surface area contributed by atoms with Crippen molar-refractivity contribution in [3.05, 3.63) is 0 Å². The van der Waals surface area contributed by atoms with Crippen LogP contribution in [-0.2, 0) is 85.6 Å². The highest BCUT2D eigenvalue weighted by molar-refractivity contribution is 5.78. The van der Waals surface area contributed by atoms with Crippen LogP contribution >= 0.6 is 0 Å². The molecule has 26 heteroatoms. The van der Waals surface area contributed by atoms with Crippen molar-refractivity contribution in [3.63, 3.8) is 0 Å². The van der Waals surface area contributed by atoms with Crippen molar-refractivity contribution in [2.24, 2.45) is 0 Å². The average Bonchev–Trinajstić information content (AvgIpc) is 1.04. The van der Waals surface area contributed by atoms with Gasteiger partial charge in [-0.05, 0) is 65.6 Å².